The van der Waals surface area contributed by atoms with Crippen LogP contribution >= 0.6 is 0 Å². The van der Waals surface area contributed by atoms with E-state index < -0.39 is 47.9 Å². The number of rotatable bonds is 28. The van der Waals surface area contributed by atoms with Gasteiger partial charge in [0.25, 0.3) is 11.8 Å². The van der Waals surface area contributed by atoms with Gasteiger partial charge in [0.1, 0.15) is 18.1 Å². The summed E-state index contributed by atoms with van der Waals surface area (Å²) in [5.41, 5.74) is 10.4. The summed E-state index contributed by atoms with van der Waals surface area (Å²) < 4.78 is 24.3. The number of aryl methyl sites for hydroxylation is 3. The Morgan fingerprint density at radius 3 is 2.15 bits per heavy atom. The number of nitrogens with zero attached hydrogens (tertiary/aromatic N) is 4. The van der Waals surface area contributed by atoms with E-state index in [1.54, 1.807) is 80.1 Å². The van der Waals surface area contributed by atoms with Crippen LogP contribution < -0.4 is 34.6 Å². The number of unbranched alkanes of at least 4 members (excludes halogenated alkanes) is 2. The monoisotopic (exact) mass is 1390 g/mol. The number of nitrogens with one attached hydrogen (secondary N) is 2. The van der Waals surface area contributed by atoms with Crippen LogP contribution in [-0.2, 0) is 59.5 Å². The highest BCUT2D eigenvalue weighted by molar-refractivity contribution is 6.06. The number of ketones is 3. The first-order valence-corrected chi connectivity index (χ1v) is 36.0. The number of methoxy groups -OCH3 is 1. The summed E-state index contributed by atoms with van der Waals surface area (Å²) in [5, 5.41) is 17.5. The zero-order chi connectivity index (χ0) is 72.6. The van der Waals surface area contributed by atoms with E-state index in [0.717, 1.165) is 66.4 Å². The summed E-state index contributed by atoms with van der Waals surface area (Å²) in [7, 11) is 1.58. The Kier molecular flexibility index (Phi) is 22.4. The van der Waals surface area contributed by atoms with Gasteiger partial charge in [0.2, 0.25) is 17.7 Å². The summed E-state index contributed by atoms with van der Waals surface area (Å²) in [6.07, 6.45) is 5.98. The van der Waals surface area contributed by atoms with E-state index in [0.29, 0.717) is 96.3 Å². The fraction of sp³-hybridized carbons (Fsp3) is 0.410. The fourth-order valence-electron chi connectivity index (χ4n) is 14.5. The molecule has 6 amide bonds. The number of hydrogen-bond acceptors (Lipinski definition) is 14. The quantitative estimate of drug-likeness (QED) is 0.0305. The number of para-hydroxylation sites is 1. The second kappa shape index (κ2) is 31.9. The zero-order valence-corrected chi connectivity index (χ0v) is 59.5. The summed E-state index contributed by atoms with van der Waals surface area (Å²) in [6.45, 7) is 10.0. The Balaban J connectivity index is 0.585. The molecule has 20 nitrogen and oxygen atoms in total. The lowest BCUT2D eigenvalue weighted by Gasteiger charge is -2.31. The molecule has 0 aromatic heterocycles. The third kappa shape index (κ3) is 16.9. The average molecular weight is 1400 g/mol. The number of anilines is 2. The van der Waals surface area contributed by atoms with Crippen LogP contribution in [0, 0.1) is 42.9 Å². The third-order valence-corrected chi connectivity index (χ3v) is 20.9. The Morgan fingerprint density at radius 2 is 1.41 bits per heavy atom. The minimum Gasteiger partial charge on any atom is -0.493 e. The molecule has 0 unspecified atom stereocenters. The Bertz CT molecular complexity index is 4370. The summed E-state index contributed by atoms with van der Waals surface area (Å²) in [6, 6.07) is 35.9. The lowest BCUT2D eigenvalue weighted by atomic mass is 9.89. The first kappa shape index (κ1) is 72.4. The van der Waals surface area contributed by atoms with Crippen molar-refractivity contribution in [3.05, 3.63) is 189 Å². The molecule has 0 radical (unpaired) electrons. The predicted octanol–water partition coefficient (Wildman–Crippen LogP) is 11.7. The van der Waals surface area contributed by atoms with E-state index in [9.17, 15) is 48.3 Å². The molecule has 6 aliphatic rings. The normalized spacial score (nSPS) is 17.9. The molecule has 536 valence electrons. The van der Waals surface area contributed by atoms with Crippen molar-refractivity contribution in [3.63, 3.8) is 0 Å². The minimum atomic E-state index is -1.41. The Hall–Kier alpha value is -10.4. The van der Waals surface area contributed by atoms with Gasteiger partial charge in [0.15, 0.2) is 29.3 Å². The number of amides is 6. The number of aliphatic hydroxyl groups excluding tert-OH is 1. The van der Waals surface area contributed by atoms with Crippen molar-refractivity contribution in [3.8, 4) is 29.1 Å². The van der Waals surface area contributed by atoms with Gasteiger partial charge in [0, 0.05) is 86.0 Å². The molecule has 5 heterocycles. The van der Waals surface area contributed by atoms with Crippen LogP contribution in [0.2, 0.25) is 0 Å². The Morgan fingerprint density at radius 1 is 0.709 bits per heavy atom. The van der Waals surface area contributed by atoms with Crippen molar-refractivity contribution in [1.82, 2.24) is 20.4 Å². The van der Waals surface area contributed by atoms with Crippen LogP contribution in [0.15, 0.2) is 128 Å². The number of carbonyl (C=O) groups is 9. The van der Waals surface area contributed by atoms with Crippen LogP contribution in [0.3, 0.4) is 0 Å². The smallest absolute Gasteiger partial charge is 0.416 e. The molecule has 2 fully saturated rings. The van der Waals surface area contributed by atoms with E-state index in [1.165, 1.54) is 10.5 Å². The molecule has 1 spiro atoms. The molecular weight excluding hydrogens is 1300 g/mol. The fourth-order valence-corrected chi connectivity index (χ4v) is 14.5. The van der Waals surface area contributed by atoms with Gasteiger partial charge in [-0.2, -0.15) is 0 Å². The number of ether oxygens (including phenoxy) is 4. The lowest BCUT2D eigenvalue weighted by Crippen LogP contribution is -2.50. The number of benzene rings is 6. The van der Waals surface area contributed by atoms with Crippen molar-refractivity contribution in [2.75, 3.05) is 43.2 Å². The molecule has 6 aromatic rings. The molecule has 5 aliphatic heterocycles. The third-order valence-electron chi connectivity index (χ3n) is 20.9. The maximum atomic E-state index is 14.4. The molecule has 0 bridgehead atoms. The maximum absolute atomic E-state index is 14.4. The van der Waals surface area contributed by atoms with Gasteiger partial charge in [-0.05, 0) is 165 Å². The highest BCUT2D eigenvalue weighted by Gasteiger charge is 2.58. The van der Waals surface area contributed by atoms with Gasteiger partial charge in [-0.15, -0.1) is 0 Å². The van der Waals surface area contributed by atoms with Crippen LogP contribution in [0.5, 0.6) is 17.2 Å². The lowest BCUT2D eigenvalue weighted by molar-refractivity contribution is -0.133. The molecule has 1 saturated carbocycles. The van der Waals surface area contributed by atoms with Crippen molar-refractivity contribution >= 4 is 69.9 Å². The van der Waals surface area contributed by atoms with Crippen molar-refractivity contribution in [1.29, 1.82) is 0 Å². The minimum absolute atomic E-state index is 0.0381. The second-order valence-electron chi connectivity index (χ2n) is 28.7. The van der Waals surface area contributed by atoms with Crippen LogP contribution in [0.25, 0.3) is 5.57 Å². The van der Waals surface area contributed by atoms with Gasteiger partial charge in [-0.1, -0.05) is 110 Å². The van der Waals surface area contributed by atoms with Crippen molar-refractivity contribution in [2.45, 2.75) is 168 Å². The SMILES string of the molecule is COc1cc2c(cc1OCCCCCOc1cc3c(cc1C)C(=O)N1CC4(CC4)C[C@H]1[C@H](O)N3C(=O)OCc1ccc(CC(=O)[C@H](C)NC(=O)[C@@H](CC(=O)CNC(=O)CCC(=O)CCC(=O)N3Cc4ccccc4C#Cc4ccccc43)C(C)C)cc1)CC[C@@H]1CC(c3ccc(C)cc3)=CN1C2=O. The molecule has 3 N–H and O–H groups in total. The van der Waals surface area contributed by atoms with Gasteiger partial charge in [0.05, 0.1) is 62.4 Å². The van der Waals surface area contributed by atoms with E-state index in [2.05, 4.69) is 53.7 Å². The highest BCUT2D eigenvalue weighted by atomic mass is 16.6. The van der Waals surface area contributed by atoms with Crippen LogP contribution in [-0.4, -0.2) is 126 Å². The summed E-state index contributed by atoms with van der Waals surface area (Å²) in [4.78, 5) is 129. The van der Waals surface area contributed by atoms with Gasteiger partial charge in [-0.3, -0.25) is 38.4 Å². The van der Waals surface area contributed by atoms with E-state index in [1.807, 2.05) is 72.6 Å². The highest BCUT2D eigenvalue weighted by Crippen LogP contribution is 2.57. The van der Waals surface area contributed by atoms with E-state index in [-0.39, 0.29) is 110 Å². The first-order chi connectivity index (χ1) is 49.6. The largest absolute Gasteiger partial charge is 0.493 e. The maximum Gasteiger partial charge on any atom is 0.416 e. The molecule has 20 heteroatoms. The molecule has 5 atom stereocenters. The Labute approximate surface area is 601 Å². The van der Waals surface area contributed by atoms with Gasteiger partial charge < -0.3 is 49.4 Å². The van der Waals surface area contributed by atoms with Gasteiger partial charge in [-0.25, -0.2) is 9.69 Å². The molecule has 103 heavy (non-hydrogen) atoms. The number of carbonyl (C=O) groups excluding carboxylic acids is 9. The predicted molar refractivity (Wildman–Crippen MR) is 388 cm³/mol. The average Bonchev–Trinajstić information content (AvgIpc) is 1.56. The summed E-state index contributed by atoms with van der Waals surface area (Å²) in [5.74, 6) is 4.28. The molecule has 1 saturated heterocycles. The van der Waals surface area contributed by atoms with Gasteiger partial charge >= 0.3 is 6.09 Å². The van der Waals surface area contributed by atoms with Crippen molar-refractivity contribution < 1.29 is 67.2 Å². The topological polar surface area (TPSA) is 248 Å². The number of fused-ring (bicyclic) bond motifs is 6. The number of aliphatic hydroxyl groups is 1. The first-order valence-electron chi connectivity index (χ1n) is 36.0. The molecule has 6 aromatic carbocycles. The van der Waals surface area contributed by atoms with Crippen molar-refractivity contribution in [2.24, 2.45) is 17.3 Å². The second-order valence-corrected chi connectivity index (χ2v) is 28.7. The van der Waals surface area contributed by atoms with Crippen LogP contribution in [0.4, 0.5) is 16.2 Å². The van der Waals surface area contributed by atoms with E-state index in [4.69, 9.17) is 18.9 Å². The van der Waals surface area contributed by atoms with Crippen LogP contribution in [0.1, 0.15) is 175 Å². The number of Topliss-reactive ketones (excluding diaryl/α,β-unsaturated/α-hetero) is 3. The zero-order valence-electron chi connectivity index (χ0n) is 59.5. The number of hydrogen-bond donors (Lipinski definition) is 3. The standard InChI is InChI=1S/C83H90N6O14/c1-51(2)66(42-65(91)46-84-76(93)32-30-64(90)31-33-77(94)87-47-61-16-9-8-14-57(61)26-27-59-15-10-11-17-69(59)87)78(95)85-54(5)72(92)39-55-20-22-56(23-21-55)49-103-82(99)89-70-44-73(53(4)38-68(70)80(97)88-50-83(34-35-83)45-71(88)81(89)98)101-36-12-7-13-37-102-75-41-60-28-29-63-40-62(58-24-18-52(3)19-25-58)48-86(63)79(96)67(60)43-74(75)100-6/h8-11,14-25,38,41,43-44,48,51,54,63,66,71,81,98H,7,12-13,28-37,39-40,42,45-47,49-50H2,1-6H3,(H,84,93)(H,85,95)/t54-,63+,66-,71-,81-/m0/s1. The van der Waals surface area contributed by atoms with E-state index >= 15 is 0 Å². The summed E-state index contributed by atoms with van der Waals surface area (Å²) >= 11 is 0. The molecule has 1 aliphatic carbocycles. The molecular formula is C83H90N6O14. The molecule has 12 rings (SSSR count).